The zero-order valence-electron chi connectivity index (χ0n) is 9.78. The van der Waals surface area contributed by atoms with Crippen LogP contribution in [-0.4, -0.2) is 28.8 Å². The Morgan fingerprint density at radius 2 is 2.28 bits per heavy atom. The maximum absolute atomic E-state index is 11.9. The Kier molecular flexibility index (Phi) is 2.60. The van der Waals surface area contributed by atoms with Gasteiger partial charge >= 0.3 is 0 Å². The van der Waals surface area contributed by atoms with Gasteiger partial charge in [0.2, 0.25) is 0 Å². The van der Waals surface area contributed by atoms with Gasteiger partial charge in [0.25, 0.3) is 0 Å². The Morgan fingerprint density at radius 3 is 2.94 bits per heavy atom. The van der Waals surface area contributed by atoms with Gasteiger partial charge < -0.3 is 5.73 Å². The second-order valence-electron chi connectivity index (χ2n) is 4.52. The van der Waals surface area contributed by atoms with E-state index in [2.05, 4.69) is 10.2 Å². The Bertz CT molecular complexity index is 692. The van der Waals surface area contributed by atoms with Gasteiger partial charge in [-0.25, -0.2) is 8.42 Å². The summed E-state index contributed by atoms with van der Waals surface area (Å²) in [4.78, 5) is 0. The van der Waals surface area contributed by atoms with Crippen LogP contribution in [0.4, 0.5) is 0 Å². The van der Waals surface area contributed by atoms with Crippen LogP contribution in [0.3, 0.4) is 0 Å². The summed E-state index contributed by atoms with van der Waals surface area (Å²) in [7, 11) is -3.07. The van der Waals surface area contributed by atoms with Crippen LogP contribution in [0.15, 0.2) is 18.3 Å². The van der Waals surface area contributed by atoms with Crippen molar-refractivity contribution in [2.75, 3.05) is 5.75 Å². The largest absolute Gasteiger partial charge is 0.326 e. The first-order chi connectivity index (χ1) is 8.62. The predicted molar refractivity (Wildman–Crippen MR) is 66.6 cm³/mol. The molecule has 3 heterocycles. The monoisotopic (exact) mass is 266 g/mol. The van der Waals surface area contributed by atoms with E-state index in [4.69, 9.17) is 5.73 Å². The highest BCUT2D eigenvalue weighted by Crippen LogP contribution is 2.33. The maximum Gasteiger partial charge on any atom is 0.161 e. The number of hydrogen-bond acceptors (Lipinski definition) is 5. The number of aromatic nitrogens is 3. The predicted octanol–water partition coefficient (Wildman–Crippen LogP) is 0.438. The molecule has 0 aliphatic carbocycles. The van der Waals surface area contributed by atoms with Crippen LogP contribution >= 0.6 is 0 Å². The van der Waals surface area contributed by atoms with Gasteiger partial charge in [0.1, 0.15) is 5.25 Å². The average Bonchev–Trinajstić information content (AvgIpc) is 2.90. The fourth-order valence-corrected chi connectivity index (χ4v) is 4.24. The van der Waals surface area contributed by atoms with E-state index in [1.807, 2.05) is 12.1 Å². The van der Waals surface area contributed by atoms with Gasteiger partial charge in [-0.3, -0.25) is 4.40 Å². The molecule has 6 nitrogen and oxygen atoms in total. The third-order valence-electron chi connectivity index (χ3n) is 3.35. The van der Waals surface area contributed by atoms with Crippen LogP contribution in [0, 0.1) is 0 Å². The third-order valence-corrected chi connectivity index (χ3v) is 5.52. The Hall–Kier alpha value is -1.47. The molecule has 96 valence electrons. The molecule has 0 aromatic carbocycles. The molecule has 1 atom stereocenters. The molecule has 7 heteroatoms. The van der Waals surface area contributed by atoms with E-state index in [1.54, 1.807) is 10.6 Å². The summed E-state index contributed by atoms with van der Waals surface area (Å²) in [6.07, 6.45) is 3.12. The van der Waals surface area contributed by atoms with Crippen LogP contribution in [0.1, 0.15) is 29.5 Å². The van der Waals surface area contributed by atoms with Gasteiger partial charge in [-0.15, -0.1) is 10.2 Å². The summed E-state index contributed by atoms with van der Waals surface area (Å²) >= 11 is 0. The van der Waals surface area contributed by atoms with Crippen LogP contribution in [0.2, 0.25) is 0 Å². The van der Waals surface area contributed by atoms with Crippen molar-refractivity contribution in [1.29, 1.82) is 0 Å². The topological polar surface area (TPSA) is 90.3 Å². The van der Waals surface area contributed by atoms with E-state index in [0.717, 1.165) is 5.56 Å². The fraction of sp³-hybridized carbons (Fsp3) is 0.455. The fourth-order valence-electron chi connectivity index (χ4n) is 2.38. The lowest BCUT2D eigenvalue weighted by Crippen LogP contribution is -2.11. The van der Waals surface area contributed by atoms with Gasteiger partial charge in [-0.05, 0) is 30.5 Å². The molecule has 18 heavy (non-hydrogen) atoms. The Labute approximate surface area is 105 Å². The number of nitrogens with zero attached hydrogens (tertiary/aromatic N) is 3. The van der Waals surface area contributed by atoms with E-state index >= 15 is 0 Å². The number of sulfone groups is 1. The molecule has 1 aliphatic rings. The molecule has 0 saturated carbocycles. The normalized spacial score (nSPS) is 22.6. The summed E-state index contributed by atoms with van der Waals surface area (Å²) in [6, 6.07) is 3.69. The van der Waals surface area contributed by atoms with Gasteiger partial charge in [0.15, 0.2) is 21.3 Å². The van der Waals surface area contributed by atoms with E-state index in [-0.39, 0.29) is 5.75 Å². The summed E-state index contributed by atoms with van der Waals surface area (Å²) in [5, 5.41) is 7.55. The van der Waals surface area contributed by atoms with E-state index < -0.39 is 15.1 Å². The number of rotatable bonds is 2. The molecular weight excluding hydrogens is 252 g/mol. The standard InChI is InChI=1S/C11H14N4O2S/c12-7-8-3-4-15-10(6-8)13-14-11(15)9-2-1-5-18(9,16)17/h3-4,6,9H,1-2,5,7,12H2. The molecular formula is C11H14N4O2S. The highest BCUT2D eigenvalue weighted by molar-refractivity contribution is 7.91. The molecule has 1 fully saturated rings. The van der Waals surface area contributed by atoms with Crippen molar-refractivity contribution in [2.24, 2.45) is 5.73 Å². The van der Waals surface area contributed by atoms with Gasteiger partial charge in [0, 0.05) is 12.7 Å². The lowest BCUT2D eigenvalue weighted by molar-refractivity contribution is 0.588. The summed E-state index contributed by atoms with van der Waals surface area (Å²) in [5.74, 6) is 0.763. The zero-order chi connectivity index (χ0) is 12.8. The summed E-state index contributed by atoms with van der Waals surface area (Å²) in [5.41, 5.74) is 7.16. The van der Waals surface area contributed by atoms with Gasteiger partial charge in [-0.2, -0.15) is 0 Å². The van der Waals surface area contributed by atoms with Crippen LogP contribution < -0.4 is 5.73 Å². The number of hydrogen-bond donors (Lipinski definition) is 1. The van der Waals surface area contributed by atoms with E-state index in [1.165, 1.54) is 0 Å². The lowest BCUT2D eigenvalue weighted by atomic mass is 10.2. The second-order valence-corrected chi connectivity index (χ2v) is 6.83. The molecule has 0 amide bonds. The van der Waals surface area contributed by atoms with Crippen molar-refractivity contribution in [3.63, 3.8) is 0 Å². The summed E-state index contributed by atoms with van der Waals surface area (Å²) < 4.78 is 25.6. The second kappa shape index (κ2) is 4.03. The SMILES string of the molecule is NCc1ccn2c(C3CCCS3(=O)=O)nnc2c1. The third kappa shape index (κ3) is 1.70. The maximum atomic E-state index is 11.9. The first kappa shape index (κ1) is 11.6. The van der Waals surface area contributed by atoms with Crippen molar-refractivity contribution in [2.45, 2.75) is 24.6 Å². The van der Waals surface area contributed by atoms with Gasteiger partial charge in [-0.1, -0.05) is 0 Å². The molecule has 2 aromatic rings. The molecule has 0 radical (unpaired) electrons. The first-order valence-electron chi connectivity index (χ1n) is 5.87. The molecule has 1 aliphatic heterocycles. The highest BCUT2D eigenvalue weighted by atomic mass is 32.2. The molecule has 1 unspecified atom stereocenters. The van der Waals surface area contributed by atoms with Crippen molar-refractivity contribution in [1.82, 2.24) is 14.6 Å². The van der Waals surface area contributed by atoms with Crippen LogP contribution in [0.5, 0.6) is 0 Å². The van der Waals surface area contributed by atoms with E-state index in [0.29, 0.717) is 30.9 Å². The minimum absolute atomic E-state index is 0.244. The van der Waals surface area contributed by atoms with Crippen molar-refractivity contribution >= 4 is 15.5 Å². The number of pyridine rings is 1. The van der Waals surface area contributed by atoms with Gasteiger partial charge in [0.05, 0.1) is 5.75 Å². The molecule has 0 spiro atoms. The molecule has 2 aromatic heterocycles. The van der Waals surface area contributed by atoms with Crippen molar-refractivity contribution in [3.05, 3.63) is 29.7 Å². The first-order valence-corrected chi connectivity index (χ1v) is 7.58. The highest BCUT2D eigenvalue weighted by Gasteiger charge is 2.36. The Morgan fingerprint density at radius 1 is 1.44 bits per heavy atom. The molecule has 3 rings (SSSR count). The molecule has 1 saturated heterocycles. The smallest absolute Gasteiger partial charge is 0.161 e. The average molecular weight is 266 g/mol. The van der Waals surface area contributed by atoms with Crippen LogP contribution in [-0.2, 0) is 16.4 Å². The Balaban J connectivity index is 2.13. The number of nitrogens with two attached hydrogens (primary N) is 1. The zero-order valence-corrected chi connectivity index (χ0v) is 10.6. The van der Waals surface area contributed by atoms with Crippen molar-refractivity contribution < 1.29 is 8.42 Å². The minimum Gasteiger partial charge on any atom is -0.326 e. The lowest BCUT2D eigenvalue weighted by Gasteiger charge is -2.07. The van der Waals surface area contributed by atoms with Crippen molar-refractivity contribution in [3.8, 4) is 0 Å². The quantitative estimate of drug-likeness (QED) is 0.851. The minimum atomic E-state index is -3.07. The molecule has 0 bridgehead atoms. The van der Waals surface area contributed by atoms with E-state index in [9.17, 15) is 8.42 Å². The summed E-state index contributed by atoms with van der Waals surface area (Å²) in [6.45, 7) is 0.431. The van der Waals surface area contributed by atoms with Crippen LogP contribution in [0.25, 0.3) is 5.65 Å². The molecule has 2 N–H and O–H groups in total. The number of fused-ring (bicyclic) bond motifs is 1.